The van der Waals surface area contributed by atoms with Gasteiger partial charge in [0.2, 0.25) is 5.91 Å². The Morgan fingerprint density at radius 1 is 1.03 bits per heavy atom. The van der Waals surface area contributed by atoms with Crippen molar-refractivity contribution >= 4 is 35.0 Å². The Kier molecular flexibility index (Phi) is 7.06. The predicted octanol–water partition coefficient (Wildman–Crippen LogP) is 4.26. The highest BCUT2D eigenvalue weighted by atomic mass is 35.5. The molecule has 2 N–H and O–H groups in total. The van der Waals surface area contributed by atoms with Gasteiger partial charge in [-0.15, -0.1) is 0 Å². The fourth-order valence-corrected chi connectivity index (χ4v) is 4.03. The molecule has 1 saturated heterocycles. The SMILES string of the molecule is CC(C)[C@@H](NC(=O)c1cccc(Cl)c1)C(=O)N1CCC(O)(c2ccc(Cl)cc2)CC1. The van der Waals surface area contributed by atoms with E-state index in [0.717, 1.165) is 5.56 Å². The van der Waals surface area contributed by atoms with E-state index in [-0.39, 0.29) is 17.7 Å². The molecule has 3 rings (SSSR count). The Labute approximate surface area is 187 Å². The fraction of sp³-hybridized carbons (Fsp3) is 0.391. The van der Waals surface area contributed by atoms with Crippen LogP contribution in [-0.2, 0) is 10.4 Å². The number of hydrogen-bond acceptors (Lipinski definition) is 3. The minimum absolute atomic E-state index is 0.0855. The van der Waals surface area contributed by atoms with Crippen molar-refractivity contribution in [1.29, 1.82) is 0 Å². The van der Waals surface area contributed by atoms with E-state index in [4.69, 9.17) is 23.2 Å². The number of benzene rings is 2. The van der Waals surface area contributed by atoms with E-state index < -0.39 is 11.6 Å². The maximum Gasteiger partial charge on any atom is 0.251 e. The summed E-state index contributed by atoms with van der Waals surface area (Å²) in [6.45, 7) is 4.62. The topological polar surface area (TPSA) is 69.6 Å². The van der Waals surface area contributed by atoms with E-state index in [0.29, 0.717) is 41.5 Å². The molecule has 0 aliphatic carbocycles. The first-order chi connectivity index (χ1) is 14.2. The third-order valence-electron chi connectivity index (χ3n) is 5.59. The molecule has 2 aromatic carbocycles. The van der Waals surface area contributed by atoms with Gasteiger partial charge in [-0.25, -0.2) is 0 Å². The van der Waals surface area contributed by atoms with Crippen LogP contribution < -0.4 is 5.32 Å². The first kappa shape index (κ1) is 22.6. The third-order valence-corrected chi connectivity index (χ3v) is 6.08. The molecule has 0 unspecified atom stereocenters. The van der Waals surface area contributed by atoms with Crippen LogP contribution in [0.4, 0.5) is 0 Å². The van der Waals surface area contributed by atoms with Gasteiger partial charge in [-0.2, -0.15) is 0 Å². The van der Waals surface area contributed by atoms with Crippen molar-refractivity contribution < 1.29 is 14.7 Å². The lowest BCUT2D eigenvalue weighted by Crippen LogP contribution is -2.54. The Morgan fingerprint density at radius 3 is 2.23 bits per heavy atom. The van der Waals surface area contributed by atoms with Gasteiger partial charge in [-0.3, -0.25) is 9.59 Å². The van der Waals surface area contributed by atoms with Crippen LogP contribution in [0.2, 0.25) is 10.0 Å². The molecule has 7 heteroatoms. The second-order valence-corrected chi connectivity index (χ2v) is 8.94. The molecular formula is C23H26Cl2N2O3. The number of carbonyl (C=O) groups excluding carboxylic acids is 2. The van der Waals surface area contributed by atoms with E-state index in [2.05, 4.69) is 5.32 Å². The van der Waals surface area contributed by atoms with E-state index in [9.17, 15) is 14.7 Å². The van der Waals surface area contributed by atoms with Crippen molar-refractivity contribution in [3.05, 3.63) is 69.7 Å². The molecule has 30 heavy (non-hydrogen) atoms. The summed E-state index contributed by atoms with van der Waals surface area (Å²) in [5, 5.41) is 15.0. The molecule has 0 bridgehead atoms. The Balaban J connectivity index is 1.66. The summed E-state index contributed by atoms with van der Waals surface area (Å²) in [6, 6.07) is 13.1. The molecule has 1 aliphatic rings. The van der Waals surface area contributed by atoms with E-state index in [1.165, 1.54) is 0 Å². The highest BCUT2D eigenvalue weighted by Crippen LogP contribution is 2.33. The standard InChI is InChI=1S/C23H26Cl2N2O3/c1-15(2)20(26-21(28)16-4-3-5-19(25)14-16)22(29)27-12-10-23(30,11-13-27)17-6-8-18(24)9-7-17/h3-9,14-15,20,30H,10-13H2,1-2H3,(H,26,28)/t20-/m1/s1. The minimum atomic E-state index is -0.987. The monoisotopic (exact) mass is 448 g/mol. The number of rotatable bonds is 5. The van der Waals surface area contributed by atoms with E-state index in [1.54, 1.807) is 41.3 Å². The molecule has 160 valence electrons. The Hall–Kier alpha value is -2.08. The van der Waals surface area contributed by atoms with E-state index >= 15 is 0 Å². The number of carbonyl (C=O) groups is 2. The van der Waals surface area contributed by atoms with Crippen LogP contribution in [0.25, 0.3) is 0 Å². The zero-order valence-corrected chi connectivity index (χ0v) is 18.6. The Morgan fingerprint density at radius 2 is 1.67 bits per heavy atom. The molecule has 2 amide bonds. The lowest BCUT2D eigenvalue weighted by atomic mass is 9.84. The van der Waals surface area contributed by atoms with Gasteiger partial charge in [0.1, 0.15) is 6.04 Å². The smallest absolute Gasteiger partial charge is 0.251 e. The quantitative estimate of drug-likeness (QED) is 0.717. The second-order valence-electron chi connectivity index (χ2n) is 8.07. The van der Waals surface area contributed by atoms with Crippen molar-refractivity contribution in [2.24, 2.45) is 5.92 Å². The zero-order valence-electron chi connectivity index (χ0n) is 17.1. The summed E-state index contributed by atoms with van der Waals surface area (Å²) in [7, 11) is 0. The molecule has 0 radical (unpaired) electrons. The molecule has 1 fully saturated rings. The molecule has 1 aliphatic heterocycles. The summed E-state index contributed by atoms with van der Waals surface area (Å²) >= 11 is 11.9. The van der Waals surface area contributed by atoms with Gasteiger partial charge in [-0.05, 0) is 54.7 Å². The third kappa shape index (κ3) is 5.15. The number of aliphatic hydroxyl groups is 1. The van der Waals surface area contributed by atoms with Gasteiger partial charge in [0.15, 0.2) is 0 Å². The summed E-state index contributed by atoms with van der Waals surface area (Å²) in [5.41, 5.74) is 0.226. The normalized spacial score (nSPS) is 16.9. The number of halogens is 2. The van der Waals surface area contributed by atoms with Crippen LogP contribution in [0.1, 0.15) is 42.6 Å². The highest BCUT2D eigenvalue weighted by molar-refractivity contribution is 6.31. The summed E-state index contributed by atoms with van der Waals surface area (Å²) in [6.07, 6.45) is 0.848. The molecular weight excluding hydrogens is 423 g/mol. The number of likely N-dealkylation sites (tertiary alicyclic amines) is 1. The van der Waals surface area contributed by atoms with Crippen molar-refractivity contribution in [2.45, 2.75) is 38.3 Å². The minimum Gasteiger partial charge on any atom is -0.385 e. The molecule has 1 atom stereocenters. The van der Waals surface area contributed by atoms with Gasteiger partial charge >= 0.3 is 0 Å². The lowest BCUT2D eigenvalue weighted by Gasteiger charge is -2.40. The van der Waals surface area contributed by atoms with Crippen molar-refractivity contribution in [1.82, 2.24) is 10.2 Å². The van der Waals surface area contributed by atoms with Crippen LogP contribution in [0.3, 0.4) is 0 Å². The zero-order chi connectivity index (χ0) is 21.9. The average Bonchev–Trinajstić information content (AvgIpc) is 2.72. The fourth-order valence-electron chi connectivity index (χ4n) is 3.71. The van der Waals surface area contributed by atoms with Crippen molar-refractivity contribution in [2.75, 3.05) is 13.1 Å². The van der Waals surface area contributed by atoms with E-state index in [1.807, 2.05) is 26.0 Å². The van der Waals surface area contributed by atoms with Crippen molar-refractivity contribution in [3.8, 4) is 0 Å². The van der Waals surface area contributed by atoms with Crippen LogP contribution in [-0.4, -0.2) is 41.0 Å². The summed E-state index contributed by atoms with van der Waals surface area (Å²) in [5.74, 6) is -0.560. The predicted molar refractivity (Wildman–Crippen MR) is 119 cm³/mol. The number of hydrogen-bond donors (Lipinski definition) is 2. The highest BCUT2D eigenvalue weighted by Gasteiger charge is 2.38. The Bertz CT molecular complexity index is 907. The van der Waals surface area contributed by atoms with Crippen LogP contribution in [0.5, 0.6) is 0 Å². The molecule has 0 aromatic heterocycles. The number of piperidine rings is 1. The van der Waals surface area contributed by atoms with Gasteiger partial charge in [0.05, 0.1) is 5.60 Å². The maximum atomic E-state index is 13.2. The largest absolute Gasteiger partial charge is 0.385 e. The summed E-state index contributed by atoms with van der Waals surface area (Å²) < 4.78 is 0. The van der Waals surface area contributed by atoms with Gasteiger partial charge in [0, 0.05) is 28.7 Å². The maximum absolute atomic E-state index is 13.2. The van der Waals surface area contributed by atoms with Crippen molar-refractivity contribution in [3.63, 3.8) is 0 Å². The molecule has 2 aromatic rings. The lowest BCUT2D eigenvalue weighted by molar-refractivity contribution is -0.138. The molecule has 1 heterocycles. The first-order valence-electron chi connectivity index (χ1n) is 10.0. The van der Waals surface area contributed by atoms with Gasteiger partial charge < -0.3 is 15.3 Å². The molecule has 5 nitrogen and oxygen atoms in total. The summed E-state index contributed by atoms with van der Waals surface area (Å²) in [4.78, 5) is 27.5. The first-order valence-corrected chi connectivity index (χ1v) is 10.8. The van der Waals surface area contributed by atoms with Crippen LogP contribution in [0, 0.1) is 5.92 Å². The van der Waals surface area contributed by atoms with Crippen LogP contribution in [0.15, 0.2) is 48.5 Å². The molecule has 0 saturated carbocycles. The average molecular weight is 449 g/mol. The second kappa shape index (κ2) is 9.38. The molecule has 0 spiro atoms. The van der Waals surface area contributed by atoms with Crippen LogP contribution >= 0.6 is 23.2 Å². The van der Waals surface area contributed by atoms with Gasteiger partial charge in [0.25, 0.3) is 5.91 Å². The van der Waals surface area contributed by atoms with Gasteiger partial charge in [-0.1, -0.05) is 55.2 Å². The number of amides is 2. The number of nitrogens with zero attached hydrogens (tertiary/aromatic N) is 1. The number of nitrogens with one attached hydrogen (secondary N) is 1.